The van der Waals surface area contributed by atoms with E-state index < -0.39 is 12.3 Å². The number of hydrogen-bond donors (Lipinski definition) is 2. The Morgan fingerprint density at radius 1 is 1.42 bits per heavy atom. The highest BCUT2D eigenvalue weighted by atomic mass is 19.4. The summed E-state index contributed by atoms with van der Waals surface area (Å²) in [4.78, 5) is 8.56. The second kappa shape index (κ2) is 6.51. The monoisotopic (exact) mass is 186 g/mol. The van der Waals surface area contributed by atoms with Gasteiger partial charge in [-0.15, -0.1) is 0 Å². The van der Waals surface area contributed by atoms with Crippen molar-refractivity contribution < 1.29 is 28.2 Å². The van der Waals surface area contributed by atoms with Crippen molar-refractivity contribution in [2.24, 2.45) is 0 Å². The van der Waals surface area contributed by atoms with Crippen LogP contribution in [0.15, 0.2) is 12.2 Å². The first-order valence-electron chi connectivity index (χ1n) is 2.96. The van der Waals surface area contributed by atoms with Gasteiger partial charge >= 0.3 is 12.3 Å². The van der Waals surface area contributed by atoms with Crippen molar-refractivity contribution >= 4 is 6.16 Å². The van der Waals surface area contributed by atoms with Crippen molar-refractivity contribution in [2.75, 3.05) is 0 Å². The molecular formula is C6H9F3O3. The van der Waals surface area contributed by atoms with Crippen molar-refractivity contribution in [3.05, 3.63) is 12.2 Å². The minimum Gasteiger partial charge on any atom is -0.450 e. The van der Waals surface area contributed by atoms with Gasteiger partial charge in [-0.2, -0.15) is 13.2 Å². The Hall–Kier alpha value is -1.20. The summed E-state index contributed by atoms with van der Waals surface area (Å²) >= 11 is 0. The molecule has 0 rings (SSSR count). The smallest absolute Gasteiger partial charge is 0.450 e. The van der Waals surface area contributed by atoms with Crippen LogP contribution in [0.2, 0.25) is 0 Å². The van der Waals surface area contributed by atoms with E-state index in [0.717, 1.165) is 6.08 Å². The first-order chi connectivity index (χ1) is 5.29. The Morgan fingerprint density at radius 2 is 1.75 bits per heavy atom. The fourth-order valence-corrected chi connectivity index (χ4v) is 0.251. The molecule has 2 N–H and O–H groups in total. The second-order valence-corrected chi connectivity index (χ2v) is 1.63. The predicted molar refractivity (Wildman–Crippen MR) is 36.1 cm³/mol. The van der Waals surface area contributed by atoms with E-state index in [4.69, 9.17) is 15.0 Å². The molecule has 0 aromatic heterocycles. The maximum atomic E-state index is 11.2. The average molecular weight is 186 g/mol. The Bertz CT molecular complexity index is 147. The van der Waals surface area contributed by atoms with Gasteiger partial charge in [0.05, 0.1) is 0 Å². The van der Waals surface area contributed by atoms with Gasteiger partial charge in [-0.1, -0.05) is 13.0 Å². The quantitative estimate of drug-likeness (QED) is 0.619. The van der Waals surface area contributed by atoms with Gasteiger partial charge in [0, 0.05) is 6.08 Å². The SMILES string of the molecule is CCC=CC(F)(F)F.O=C(O)O. The first kappa shape index (κ1) is 13.4. The molecule has 0 amide bonds. The van der Waals surface area contributed by atoms with Crippen molar-refractivity contribution in [3.8, 4) is 0 Å². The van der Waals surface area contributed by atoms with Crippen LogP contribution in [0.3, 0.4) is 0 Å². The summed E-state index contributed by atoms with van der Waals surface area (Å²) in [5.74, 6) is 0. The number of rotatable bonds is 1. The van der Waals surface area contributed by atoms with Gasteiger partial charge in [0.15, 0.2) is 0 Å². The number of alkyl halides is 3. The van der Waals surface area contributed by atoms with Crippen molar-refractivity contribution in [1.29, 1.82) is 0 Å². The third-order valence-electron chi connectivity index (χ3n) is 0.543. The van der Waals surface area contributed by atoms with Crippen LogP contribution in [-0.4, -0.2) is 22.5 Å². The van der Waals surface area contributed by atoms with E-state index in [1.807, 2.05) is 0 Å². The standard InChI is InChI=1S/C5H7F3.CH2O3/c1-2-3-4-5(6,7)8;2-1(3)4/h3-4H,2H2,1H3;(H2,2,3,4). The molecule has 0 aromatic rings. The van der Waals surface area contributed by atoms with Crippen LogP contribution in [0.4, 0.5) is 18.0 Å². The number of carboxylic acid groups (broad SMARTS) is 2. The minimum atomic E-state index is -4.13. The lowest BCUT2D eigenvalue weighted by Crippen LogP contribution is -1.99. The van der Waals surface area contributed by atoms with E-state index in [1.165, 1.54) is 0 Å². The lowest BCUT2D eigenvalue weighted by atomic mass is 10.4. The van der Waals surface area contributed by atoms with Gasteiger partial charge in [-0.25, -0.2) is 4.79 Å². The van der Waals surface area contributed by atoms with Crippen LogP contribution in [-0.2, 0) is 0 Å². The molecule has 0 saturated carbocycles. The zero-order valence-corrected chi connectivity index (χ0v) is 6.30. The Balaban J connectivity index is 0. The van der Waals surface area contributed by atoms with Crippen LogP contribution in [0.1, 0.15) is 13.3 Å². The van der Waals surface area contributed by atoms with Crippen LogP contribution in [0.5, 0.6) is 0 Å². The molecule has 6 heteroatoms. The molecule has 0 aliphatic carbocycles. The fraction of sp³-hybridized carbons (Fsp3) is 0.500. The van der Waals surface area contributed by atoms with E-state index in [2.05, 4.69) is 0 Å². The molecule has 0 aliphatic heterocycles. The highest BCUT2D eigenvalue weighted by Crippen LogP contribution is 2.15. The Labute approximate surface area is 67.1 Å². The van der Waals surface area contributed by atoms with Crippen LogP contribution < -0.4 is 0 Å². The van der Waals surface area contributed by atoms with E-state index in [-0.39, 0.29) is 6.08 Å². The van der Waals surface area contributed by atoms with E-state index >= 15 is 0 Å². The van der Waals surface area contributed by atoms with Crippen molar-refractivity contribution in [3.63, 3.8) is 0 Å². The molecule has 0 unspecified atom stereocenters. The van der Waals surface area contributed by atoms with Gasteiger partial charge in [-0.05, 0) is 6.42 Å². The Kier molecular flexibility index (Phi) is 7.26. The summed E-state index contributed by atoms with van der Waals surface area (Å²) in [7, 11) is 0. The predicted octanol–water partition coefficient (Wildman–Crippen LogP) is 2.74. The summed E-state index contributed by atoms with van der Waals surface area (Å²) in [6, 6.07) is 0. The average Bonchev–Trinajstić information content (AvgIpc) is 1.80. The fourth-order valence-electron chi connectivity index (χ4n) is 0.251. The van der Waals surface area contributed by atoms with Gasteiger partial charge in [0.2, 0.25) is 0 Å². The second-order valence-electron chi connectivity index (χ2n) is 1.63. The summed E-state index contributed by atoms with van der Waals surface area (Å²) < 4.78 is 33.5. The normalized spacial score (nSPS) is 10.7. The molecule has 72 valence electrons. The maximum Gasteiger partial charge on any atom is 0.503 e. The third-order valence-corrected chi connectivity index (χ3v) is 0.543. The molecule has 12 heavy (non-hydrogen) atoms. The first-order valence-corrected chi connectivity index (χ1v) is 2.96. The number of allylic oxidation sites excluding steroid dienone is 2. The molecule has 3 nitrogen and oxygen atoms in total. The van der Waals surface area contributed by atoms with Crippen LogP contribution >= 0.6 is 0 Å². The van der Waals surface area contributed by atoms with Gasteiger partial charge < -0.3 is 10.2 Å². The molecule has 0 heterocycles. The molecule has 0 atom stereocenters. The van der Waals surface area contributed by atoms with Gasteiger partial charge in [0.1, 0.15) is 0 Å². The molecule has 0 aliphatic rings. The Morgan fingerprint density at radius 3 is 1.83 bits per heavy atom. The van der Waals surface area contributed by atoms with Gasteiger partial charge in [0.25, 0.3) is 0 Å². The number of carbonyl (C=O) groups is 1. The number of halogens is 3. The van der Waals surface area contributed by atoms with E-state index in [9.17, 15) is 13.2 Å². The third kappa shape index (κ3) is 37.1. The van der Waals surface area contributed by atoms with Crippen molar-refractivity contribution in [1.82, 2.24) is 0 Å². The summed E-state index contributed by atoms with van der Waals surface area (Å²) in [6.45, 7) is 1.66. The van der Waals surface area contributed by atoms with Crippen LogP contribution in [0, 0.1) is 0 Å². The topological polar surface area (TPSA) is 57.5 Å². The highest BCUT2D eigenvalue weighted by Gasteiger charge is 2.20. The van der Waals surface area contributed by atoms with Gasteiger partial charge in [-0.3, -0.25) is 0 Å². The highest BCUT2D eigenvalue weighted by molar-refractivity contribution is 5.53. The maximum absolute atomic E-state index is 11.2. The zero-order chi connectivity index (χ0) is 10.2. The summed E-state index contributed by atoms with van der Waals surface area (Å²) in [6.07, 6.45) is -4.21. The number of hydrogen-bond acceptors (Lipinski definition) is 1. The van der Waals surface area contributed by atoms with Crippen LogP contribution in [0.25, 0.3) is 0 Å². The van der Waals surface area contributed by atoms with E-state index in [1.54, 1.807) is 6.92 Å². The molecule has 0 spiro atoms. The van der Waals surface area contributed by atoms with E-state index in [0.29, 0.717) is 6.42 Å². The molecule has 0 radical (unpaired) electrons. The molecule has 0 fully saturated rings. The molecule has 0 saturated heterocycles. The molecular weight excluding hydrogens is 177 g/mol. The summed E-state index contributed by atoms with van der Waals surface area (Å²) in [5, 5.41) is 13.9. The molecule has 0 bridgehead atoms. The largest absolute Gasteiger partial charge is 0.503 e. The van der Waals surface area contributed by atoms with Crippen molar-refractivity contribution in [2.45, 2.75) is 19.5 Å². The summed E-state index contributed by atoms with van der Waals surface area (Å²) in [5.41, 5.74) is 0. The lowest BCUT2D eigenvalue weighted by molar-refractivity contribution is -0.0800. The minimum absolute atomic E-state index is 0.243. The lowest BCUT2D eigenvalue weighted by Gasteiger charge is -1.94. The molecule has 0 aromatic carbocycles. The zero-order valence-electron chi connectivity index (χ0n) is 6.30.